The van der Waals surface area contributed by atoms with Crippen LogP contribution < -0.4 is 4.74 Å². The van der Waals surface area contributed by atoms with E-state index in [1.165, 1.54) is 6.92 Å². The minimum atomic E-state index is -0.325. The fourth-order valence-electron chi connectivity index (χ4n) is 1.54. The molecule has 0 aliphatic carbocycles. The lowest BCUT2D eigenvalue weighted by Gasteiger charge is -2.14. The highest BCUT2D eigenvalue weighted by molar-refractivity contribution is 5.65. The molecule has 1 rings (SSSR count). The van der Waals surface area contributed by atoms with Gasteiger partial charge >= 0.3 is 5.97 Å². The number of rotatable bonds is 6. The van der Waals surface area contributed by atoms with Crippen LogP contribution in [0, 0.1) is 5.92 Å². The van der Waals surface area contributed by atoms with Crippen molar-refractivity contribution in [1.29, 1.82) is 0 Å². The van der Waals surface area contributed by atoms with Crippen LogP contribution in [0.25, 0.3) is 0 Å². The van der Waals surface area contributed by atoms with Crippen LogP contribution >= 0.6 is 0 Å². The van der Waals surface area contributed by atoms with Crippen molar-refractivity contribution >= 4 is 5.97 Å². The van der Waals surface area contributed by atoms with E-state index in [0.29, 0.717) is 6.42 Å². The molecule has 4 heteroatoms. The third-order valence-electron chi connectivity index (χ3n) is 2.44. The van der Waals surface area contributed by atoms with Crippen LogP contribution in [0.2, 0.25) is 0 Å². The molecule has 0 amide bonds. The van der Waals surface area contributed by atoms with Gasteiger partial charge in [-0.25, -0.2) is 0 Å². The van der Waals surface area contributed by atoms with Crippen LogP contribution in [0.3, 0.4) is 0 Å². The van der Waals surface area contributed by atoms with E-state index in [-0.39, 0.29) is 25.1 Å². The van der Waals surface area contributed by atoms with E-state index in [4.69, 9.17) is 9.47 Å². The summed E-state index contributed by atoms with van der Waals surface area (Å²) < 4.78 is 10.0. The maximum atomic E-state index is 10.7. The first-order valence-corrected chi connectivity index (χ1v) is 5.53. The van der Waals surface area contributed by atoms with Gasteiger partial charge in [-0.3, -0.25) is 4.79 Å². The summed E-state index contributed by atoms with van der Waals surface area (Å²) in [6, 6.07) is 7.63. The highest BCUT2D eigenvalue weighted by atomic mass is 16.5. The summed E-state index contributed by atoms with van der Waals surface area (Å²) in [5, 5.41) is 9.20. The molecule has 0 unspecified atom stereocenters. The molecular weight excluding hydrogens is 220 g/mol. The molecule has 0 aromatic heterocycles. The molecule has 1 atom stereocenters. The molecule has 0 aliphatic rings. The molecule has 1 N–H and O–H groups in total. The monoisotopic (exact) mass is 238 g/mol. The second kappa shape index (κ2) is 6.91. The Bertz CT molecular complexity index is 362. The van der Waals surface area contributed by atoms with Crippen LogP contribution in [0.15, 0.2) is 24.3 Å². The normalized spacial score (nSPS) is 11.9. The number of aliphatic hydroxyl groups is 1. The van der Waals surface area contributed by atoms with Crippen LogP contribution in [0.4, 0.5) is 0 Å². The van der Waals surface area contributed by atoms with Crippen molar-refractivity contribution in [3.05, 3.63) is 29.8 Å². The van der Waals surface area contributed by atoms with Crippen molar-refractivity contribution in [2.75, 3.05) is 20.3 Å². The van der Waals surface area contributed by atoms with Crippen molar-refractivity contribution in [3.8, 4) is 5.75 Å². The number of aliphatic hydroxyl groups excluding tert-OH is 1. The average molecular weight is 238 g/mol. The van der Waals surface area contributed by atoms with Crippen LogP contribution in [0.1, 0.15) is 12.5 Å². The van der Waals surface area contributed by atoms with Gasteiger partial charge in [-0.1, -0.05) is 12.1 Å². The summed E-state index contributed by atoms with van der Waals surface area (Å²) in [6.45, 7) is 1.59. The topological polar surface area (TPSA) is 55.8 Å². The van der Waals surface area contributed by atoms with Crippen LogP contribution in [-0.2, 0) is 16.0 Å². The van der Waals surface area contributed by atoms with Gasteiger partial charge in [0, 0.05) is 19.4 Å². The Balaban J connectivity index is 2.56. The van der Waals surface area contributed by atoms with Gasteiger partial charge in [0.25, 0.3) is 0 Å². The summed E-state index contributed by atoms with van der Waals surface area (Å²) in [7, 11) is 1.61. The summed E-state index contributed by atoms with van der Waals surface area (Å²) in [5.41, 5.74) is 1.05. The van der Waals surface area contributed by atoms with Gasteiger partial charge in [-0.15, -0.1) is 0 Å². The number of hydrogen-bond acceptors (Lipinski definition) is 4. The number of hydrogen-bond donors (Lipinski definition) is 1. The van der Waals surface area contributed by atoms with Crippen molar-refractivity contribution in [3.63, 3.8) is 0 Å². The number of benzene rings is 1. The first kappa shape index (κ1) is 13.5. The van der Waals surface area contributed by atoms with Gasteiger partial charge in [0.05, 0.1) is 13.7 Å². The zero-order chi connectivity index (χ0) is 12.7. The van der Waals surface area contributed by atoms with E-state index in [9.17, 15) is 9.90 Å². The summed E-state index contributed by atoms with van der Waals surface area (Å²) in [6.07, 6.45) is 0.654. The molecule has 0 bridgehead atoms. The Morgan fingerprint density at radius 3 is 2.82 bits per heavy atom. The Labute approximate surface area is 101 Å². The average Bonchev–Trinajstić information content (AvgIpc) is 2.34. The molecule has 4 nitrogen and oxygen atoms in total. The standard InChI is InChI=1S/C13H18O4/c1-10(15)17-9-12(8-14)6-11-4-3-5-13(7-11)16-2/h3-5,7,12,14H,6,8-9H2,1-2H3/t12-/m1/s1. The van der Waals surface area contributed by atoms with Gasteiger partial charge < -0.3 is 14.6 Å². The van der Waals surface area contributed by atoms with Gasteiger partial charge in [-0.2, -0.15) is 0 Å². The molecule has 1 aromatic carbocycles. The molecule has 0 fully saturated rings. The molecule has 94 valence electrons. The first-order chi connectivity index (χ1) is 8.15. The molecule has 0 aliphatic heterocycles. The Morgan fingerprint density at radius 1 is 1.47 bits per heavy atom. The lowest BCUT2D eigenvalue weighted by molar-refractivity contribution is -0.142. The number of esters is 1. The van der Waals surface area contributed by atoms with Crippen LogP contribution in [-0.4, -0.2) is 31.4 Å². The number of carbonyl (C=O) groups is 1. The second-order valence-corrected chi connectivity index (χ2v) is 3.91. The van der Waals surface area contributed by atoms with Crippen molar-refractivity contribution < 1.29 is 19.4 Å². The van der Waals surface area contributed by atoms with Gasteiger partial charge in [0.15, 0.2) is 0 Å². The smallest absolute Gasteiger partial charge is 0.302 e. The number of methoxy groups -OCH3 is 1. The fourth-order valence-corrected chi connectivity index (χ4v) is 1.54. The minimum Gasteiger partial charge on any atom is -0.497 e. The summed E-state index contributed by atoms with van der Waals surface area (Å²) >= 11 is 0. The highest BCUT2D eigenvalue weighted by Crippen LogP contribution is 2.16. The predicted molar refractivity (Wildman–Crippen MR) is 63.9 cm³/mol. The quantitative estimate of drug-likeness (QED) is 0.761. The molecule has 1 aromatic rings. The minimum absolute atomic E-state index is 0.00943. The molecule has 0 spiro atoms. The Hall–Kier alpha value is -1.55. The maximum Gasteiger partial charge on any atom is 0.302 e. The highest BCUT2D eigenvalue weighted by Gasteiger charge is 2.11. The lowest BCUT2D eigenvalue weighted by atomic mass is 10.0. The van der Waals surface area contributed by atoms with Gasteiger partial charge in [0.1, 0.15) is 5.75 Å². The molecule has 0 saturated heterocycles. The van der Waals surface area contributed by atoms with Crippen LogP contribution in [0.5, 0.6) is 5.75 Å². The fraction of sp³-hybridized carbons (Fsp3) is 0.462. The van der Waals surface area contributed by atoms with Crippen molar-refractivity contribution in [2.24, 2.45) is 5.92 Å². The molecule has 17 heavy (non-hydrogen) atoms. The lowest BCUT2D eigenvalue weighted by Crippen LogP contribution is -2.18. The van der Waals surface area contributed by atoms with Gasteiger partial charge in [0.2, 0.25) is 0 Å². The molecule has 0 saturated carbocycles. The summed E-state index contributed by atoms with van der Waals surface area (Å²) in [5.74, 6) is 0.381. The maximum absolute atomic E-state index is 10.7. The van der Waals surface area contributed by atoms with E-state index >= 15 is 0 Å². The molecule has 0 radical (unpaired) electrons. The van der Waals surface area contributed by atoms with Crippen molar-refractivity contribution in [1.82, 2.24) is 0 Å². The molecule has 0 heterocycles. The summed E-state index contributed by atoms with van der Waals surface area (Å²) in [4.78, 5) is 10.7. The zero-order valence-corrected chi connectivity index (χ0v) is 10.2. The van der Waals surface area contributed by atoms with Crippen molar-refractivity contribution in [2.45, 2.75) is 13.3 Å². The largest absolute Gasteiger partial charge is 0.497 e. The van der Waals surface area contributed by atoms with E-state index in [1.54, 1.807) is 7.11 Å². The van der Waals surface area contributed by atoms with Gasteiger partial charge in [-0.05, 0) is 24.1 Å². The third-order valence-corrected chi connectivity index (χ3v) is 2.44. The Kier molecular flexibility index (Phi) is 5.49. The van der Waals surface area contributed by atoms with E-state index in [0.717, 1.165) is 11.3 Å². The van der Waals surface area contributed by atoms with E-state index in [1.807, 2.05) is 24.3 Å². The number of ether oxygens (including phenoxy) is 2. The predicted octanol–water partition coefficient (Wildman–Crippen LogP) is 1.41. The zero-order valence-electron chi connectivity index (χ0n) is 10.2. The number of carbonyl (C=O) groups excluding carboxylic acids is 1. The van der Waals surface area contributed by atoms with E-state index in [2.05, 4.69) is 0 Å². The third kappa shape index (κ3) is 4.87. The molecular formula is C13H18O4. The second-order valence-electron chi connectivity index (χ2n) is 3.91. The van der Waals surface area contributed by atoms with E-state index < -0.39 is 0 Å². The SMILES string of the molecule is COc1cccc(C[C@H](CO)COC(C)=O)c1. The Morgan fingerprint density at radius 2 is 2.24 bits per heavy atom. The first-order valence-electron chi connectivity index (χ1n) is 5.53.